The Morgan fingerprint density at radius 1 is 0.897 bits per heavy atom. The van der Waals surface area contributed by atoms with Gasteiger partial charge in [0, 0.05) is 6.42 Å². The molecule has 0 unspecified atom stereocenters. The molecule has 1 aromatic carbocycles. The van der Waals surface area contributed by atoms with Gasteiger partial charge in [0.1, 0.15) is 11.3 Å². The molecule has 0 aliphatic rings. The predicted octanol–water partition coefficient (Wildman–Crippen LogP) is -0.537. The Labute approximate surface area is 222 Å². The summed E-state index contributed by atoms with van der Waals surface area (Å²) in [6.45, 7) is -2.19. The van der Waals surface area contributed by atoms with Crippen LogP contribution in [0, 0.1) is 10.1 Å². The first kappa shape index (κ1) is 32.7. The number of carbonyl (C=O) groups excluding carboxylic acids is 5. The summed E-state index contributed by atoms with van der Waals surface area (Å²) >= 11 is 0. The zero-order chi connectivity index (χ0) is 29.3. The van der Waals surface area contributed by atoms with Crippen molar-refractivity contribution in [2.45, 2.75) is 38.1 Å². The van der Waals surface area contributed by atoms with Crippen molar-refractivity contribution in [2.75, 3.05) is 39.6 Å². The molecule has 0 aliphatic carbocycles. The van der Waals surface area contributed by atoms with E-state index in [0.29, 0.717) is 19.3 Å². The summed E-state index contributed by atoms with van der Waals surface area (Å²) in [7, 11) is 0. The monoisotopic (exact) mass is 558 g/mol. The first-order valence-electron chi connectivity index (χ1n) is 11.6. The molecule has 1 amide bonds. The molecular formula is C23H30N2O14. The average Bonchev–Trinajstić information content (AvgIpc) is 2.91. The predicted molar refractivity (Wildman–Crippen MR) is 126 cm³/mol. The Balaban J connectivity index is 2.42. The maximum absolute atomic E-state index is 12.4. The molecule has 16 nitrogen and oxygen atoms in total. The van der Waals surface area contributed by atoms with Crippen LogP contribution in [0.2, 0.25) is 0 Å². The van der Waals surface area contributed by atoms with Crippen LogP contribution in [-0.2, 0) is 38.2 Å². The van der Waals surface area contributed by atoms with Crippen LogP contribution >= 0.6 is 0 Å². The fraction of sp³-hybridized carbons (Fsp3) is 0.522. The van der Waals surface area contributed by atoms with Gasteiger partial charge in [0.2, 0.25) is 0 Å². The van der Waals surface area contributed by atoms with Gasteiger partial charge in [-0.15, -0.1) is 10.1 Å². The summed E-state index contributed by atoms with van der Waals surface area (Å²) in [6.07, 6.45) is 1.15. The van der Waals surface area contributed by atoms with E-state index in [9.17, 15) is 44.3 Å². The highest BCUT2D eigenvalue weighted by Crippen LogP contribution is 2.19. The zero-order valence-corrected chi connectivity index (χ0v) is 21.1. The van der Waals surface area contributed by atoms with Gasteiger partial charge in [0.25, 0.3) is 11.0 Å². The largest absolute Gasteiger partial charge is 0.454 e. The van der Waals surface area contributed by atoms with E-state index in [1.54, 1.807) is 0 Å². The van der Waals surface area contributed by atoms with Crippen molar-refractivity contribution in [2.24, 2.45) is 0 Å². The number of hydrogen-bond acceptors (Lipinski definition) is 14. The molecule has 0 bridgehead atoms. The first-order valence-corrected chi connectivity index (χ1v) is 11.6. The van der Waals surface area contributed by atoms with Crippen molar-refractivity contribution in [1.82, 2.24) is 5.32 Å². The van der Waals surface area contributed by atoms with Gasteiger partial charge in [-0.3, -0.25) is 9.59 Å². The van der Waals surface area contributed by atoms with Crippen molar-refractivity contribution in [1.29, 1.82) is 0 Å². The third-order valence-corrected chi connectivity index (χ3v) is 4.73. The molecule has 1 aromatic rings. The summed E-state index contributed by atoms with van der Waals surface area (Å²) in [6, 6.07) is 5.41. The molecule has 0 spiro atoms. The van der Waals surface area contributed by atoms with E-state index in [1.165, 1.54) is 31.2 Å². The summed E-state index contributed by atoms with van der Waals surface area (Å²) in [4.78, 5) is 73.8. The number of unbranched alkanes of at least 4 members (excludes halogenated alkanes) is 2. The Morgan fingerprint density at radius 2 is 1.54 bits per heavy atom. The molecule has 0 atom stereocenters. The van der Waals surface area contributed by atoms with Crippen LogP contribution in [0.5, 0.6) is 5.75 Å². The van der Waals surface area contributed by atoms with Gasteiger partial charge in [-0.1, -0.05) is 18.6 Å². The number of aliphatic hydroxyl groups excluding tert-OH is 2. The SMILES string of the molecule is CC(CO)(CO)NC(=O)COC(=O)c1ccccc1OC(=O)COC(=O)COC(=O)CCCCCO[N+](=O)[O-]. The molecule has 39 heavy (non-hydrogen) atoms. The quantitative estimate of drug-likeness (QED) is 0.0514. The number of para-hydroxylation sites is 1. The lowest BCUT2D eigenvalue weighted by Gasteiger charge is -2.25. The van der Waals surface area contributed by atoms with E-state index >= 15 is 0 Å². The van der Waals surface area contributed by atoms with Crippen molar-refractivity contribution in [3.05, 3.63) is 39.9 Å². The highest BCUT2D eigenvalue weighted by Gasteiger charge is 2.25. The molecule has 0 fully saturated rings. The number of rotatable bonds is 18. The minimum absolute atomic E-state index is 0.0372. The molecule has 0 radical (unpaired) electrons. The number of ether oxygens (including phenoxy) is 4. The second-order valence-corrected chi connectivity index (χ2v) is 8.16. The molecule has 0 aromatic heterocycles. The average molecular weight is 558 g/mol. The summed E-state index contributed by atoms with van der Waals surface area (Å²) in [5.41, 5.74) is -1.53. The highest BCUT2D eigenvalue weighted by atomic mass is 16.9. The fourth-order valence-corrected chi connectivity index (χ4v) is 2.67. The number of nitrogens with zero attached hydrogens (tertiary/aromatic N) is 1. The smallest absolute Gasteiger partial charge is 0.349 e. The molecule has 0 saturated carbocycles. The van der Waals surface area contributed by atoms with Crippen LogP contribution in [0.25, 0.3) is 0 Å². The maximum atomic E-state index is 12.4. The van der Waals surface area contributed by atoms with Crippen molar-refractivity contribution >= 4 is 29.8 Å². The Hall–Kier alpha value is -4.31. The molecule has 3 N–H and O–H groups in total. The number of benzene rings is 1. The number of aliphatic hydroxyl groups is 2. The molecule has 216 valence electrons. The van der Waals surface area contributed by atoms with E-state index in [1.807, 2.05) is 0 Å². The van der Waals surface area contributed by atoms with Gasteiger partial charge in [0.15, 0.2) is 19.8 Å². The van der Waals surface area contributed by atoms with Gasteiger partial charge in [-0.2, -0.15) is 0 Å². The molecule has 0 heterocycles. The Kier molecular flexibility index (Phi) is 14.5. The Bertz CT molecular complexity index is 1010. The standard InChI is InChI=1S/C23H30N2O14/c1-23(14-26,15-27)24-18(28)11-37-22(32)16-7-4-5-8-17(16)39-21(31)13-36-20(30)12-35-19(29)9-3-2-6-10-38-25(33)34/h4-5,7-8,26-27H,2-3,6,9-15H2,1H3,(H,24,28). The fourth-order valence-electron chi connectivity index (χ4n) is 2.67. The van der Waals surface area contributed by atoms with Crippen molar-refractivity contribution < 1.29 is 63.1 Å². The van der Waals surface area contributed by atoms with E-state index in [2.05, 4.69) is 14.9 Å². The van der Waals surface area contributed by atoms with E-state index in [0.717, 1.165) is 0 Å². The third-order valence-electron chi connectivity index (χ3n) is 4.73. The summed E-state index contributed by atoms with van der Waals surface area (Å²) in [5.74, 6) is -4.85. The van der Waals surface area contributed by atoms with Gasteiger partial charge in [-0.25, -0.2) is 14.4 Å². The molecular weight excluding hydrogens is 528 g/mol. The van der Waals surface area contributed by atoms with Gasteiger partial charge in [0.05, 0.1) is 25.4 Å². The topological polar surface area (TPSA) is 227 Å². The lowest BCUT2D eigenvalue weighted by molar-refractivity contribution is -0.757. The lowest BCUT2D eigenvalue weighted by atomic mass is 10.1. The third kappa shape index (κ3) is 13.7. The van der Waals surface area contributed by atoms with Gasteiger partial charge >= 0.3 is 23.9 Å². The van der Waals surface area contributed by atoms with E-state index in [4.69, 9.17) is 14.2 Å². The minimum atomic E-state index is -1.31. The van der Waals surface area contributed by atoms with E-state index < -0.39 is 73.4 Å². The van der Waals surface area contributed by atoms with Crippen LogP contribution < -0.4 is 10.1 Å². The van der Waals surface area contributed by atoms with Gasteiger partial charge in [-0.05, 0) is 31.9 Å². The Morgan fingerprint density at radius 3 is 2.21 bits per heavy atom. The van der Waals surface area contributed by atoms with Crippen molar-refractivity contribution in [3.63, 3.8) is 0 Å². The number of esters is 4. The highest BCUT2D eigenvalue weighted by molar-refractivity contribution is 5.95. The maximum Gasteiger partial charge on any atom is 0.349 e. The number of nitrogens with one attached hydrogen (secondary N) is 1. The zero-order valence-electron chi connectivity index (χ0n) is 21.1. The second kappa shape index (κ2) is 17.2. The molecule has 16 heteroatoms. The normalized spacial score (nSPS) is 10.6. The minimum Gasteiger partial charge on any atom is -0.454 e. The summed E-state index contributed by atoms with van der Waals surface area (Å²) in [5, 5.41) is 29.8. The number of carbonyl (C=O) groups is 5. The van der Waals surface area contributed by atoms with Gasteiger partial charge < -0.3 is 39.3 Å². The summed E-state index contributed by atoms with van der Waals surface area (Å²) < 4.78 is 19.3. The van der Waals surface area contributed by atoms with Crippen LogP contribution in [0.15, 0.2) is 24.3 Å². The van der Waals surface area contributed by atoms with E-state index in [-0.39, 0.29) is 24.3 Å². The lowest BCUT2D eigenvalue weighted by Crippen LogP contribution is -2.52. The molecule has 0 saturated heterocycles. The second-order valence-electron chi connectivity index (χ2n) is 8.16. The van der Waals surface area contributed by atoms with Crippen molar-refractivity contribution in [3.8, 4) is 5.75 Å². The van der Waals surface area contributed by atoms with Crippen LogP contribution in [0.3, 0.4) is 0 Å². The number of amides is 1. The van der Waals surface area contributed by atoms with Crippen LogP contribution in [0.4, 0.5) is 0 Å². The molecule has 0 aliphatic heterocycles. The number of hydrogen-bond donors (Lipinski definition) is 3. The first-order chi connectivity index (χ1) is 18.5. The van der Waals surface area contributed by atoms with Crippen LogP contribution in [-0.4, -0.2) is 90.3 Å². The van der Waals surface area contributed by atoms with Crippen LogP contribution in [0.1, 0.15) is 43.0 Å². The molecule has 1 rings (SSSR count).